The van der Waals surface area contributed by atoms with Crippen molar-refractivity contribution in [3.8, 4) is 5.75 Å². The third-order valence-corrected chi connectivity index (χ3v) is 3.93. The van der Waals surface area contributed by atoms with Gasteiger partial charge in [-0.05, 0) is 25.0 Å². The van der Waals surface area contributed by atoms with E-state index in [1.54, 1.807) is 6.92 Å². The lowest BCUT2D eigenvalue weighted by Gasteiger charge is -2.30. The molecule has 0 saturated heterocycles. The van der Waals surface area contributed by atoms with Crippen LogP contribution in [-0.4, -0.2) is 17.6 Å². The van der Waals surface area contributed by atoms with Gasteiger partial charge in [0.25, 0.3) is 0 Å². The Kier molecular flexibility index (Phi) is 4.88. The number of hydrogen-bond donors (Lipinski definition) is 2. The minimum absolute atomic E-state index is 0.0346. The summed E-state index contributed by atoms with van der Waals surface area (Å²) in [7, 11) is 0. The van der Waals surface area contributed by atoms with Gasteiger partial charge >= 0.3 is 0 Å². The molecule has 2 N–H and O–H groups in total. The molecule has 21 heavy (non-hydrogen) atoms. The Morgan fingerprint density at radius 3 is 2.71 bits per heavy atom. The number of hydrogen-bond acceptors (Lipinski definition) is 3. The monoisotopic (exact) mass is 291 g/mol. The molecule has 4 heteroatoms. The van der Waals surface area contributed by atoms with Gasteiger partial charge in [0.2, 0.25) is 5.91 Å². The van der Waals surface area contributed by atoms with E-state index >= 15 is 0 Å². The van der Waals surface area contributed by atoms with Gasteiger partial charge in [0.1, 0.15) is 5.75 Å². The fourth-order valence-corrected chi connectivity index (χ4v) is 2.60. The van der Waals surface area contributed by atoms with Crippen LogP contribution in [0.5, 0.6) is 5.75 Å². The Balaban J connectivity index is 2.41. The molecule has 0 radical (unpaired) electrons. The first kappa shape index (κ1) is 15.8. The van der Waals surface area contributed by atoms with Gasteiger partial charge in [-0.1, -0.05) is 26.8 Å². The highest BCUT2D eigenvalue weighted by Gasteiger charge is 2.27. The van der Waals surface area contributed by atoms with Crippen molar-refractivity contribution >= 4 is 5.91 Å². The number of carbonyl (C=O) groups excluding carboxylic acids is 1. The molecule has 0 bridgehead atoms. The first-order valence-corrected chi connectivity index (χ1v) is 7.72. The molecule has 0 aliphatic carbocycles. The molecule has 0 saturated carbocycles. The number of fused-ring (bicyclic) bond motifs is 1. The fraction of sp³-hybridized carbons (Fsp3) is 0.588. The van der Waals surface area contributed by atoms with E-state index in [2.05, 4.69) is 18.3 Å². The number of amides is 1. The normalized spacial score (nSPS) is 18.9. The molecular formula is C17H25NO3. The summed E-state index contributed by atoms with van der Waals surface area (Å²) < 4.78 is 5.78. The van der Waals surface area contributed by atoms with Crippen LogP contribution in [0.1, 0.15) is 63.0 Å². The summed E-state index contributed by atoms with van der Waals surface area (Å²) in [6.45, 7) is 8.16. The van der Waals surface area contributed by atoms with Crippen LogP contribution in [-0.2, 0) is 11.2 Å². The van der Waals surface area contributed by atoms with Crippen LogP contribution in [0.2, 0.25) is 0 Å². The van der Waals surface area contributed by atoms with E-state index < -0.39 is 6.10 Å². The van der Waals surface area contributed by atoms with Crippen molar-refractivity contribution in [3.05, 3.63) is 28.8 Å². The standard InChI is InChI=1S/C17H25NO3/c1-5-12-8-13(11(4)19)16-14(9-12)15(6-7-21-16)18-17(20)10(2)3/h8-11,15,19H,5-7H2,1-4H3,(H,18,20). The van der Waals surface area contributed by atoms with Gasteiger partial charge in [-0.25, -0.2) is 0 Å². The second-order valence-corrected chi connectivity index (χ2v) is 5.99. The van der Waals surface area contributed by atoms with Gasteiger partial charge < -0.3 is 15.2 Å². The van der Waals surface area contributed by atoms with Crippen LogP contribution >= 0.6 is 0 Å². The molecule has 2 unspecified atom stereocenters. The maximum Gasteiger partial charge on any atom is 0.223 e. The van der Waals surface area contributed by atoms with Crippen molar-refractivity contribution in [1.29, 1.82) is 0 Å². The molecule has 0 fully saturated rings. The second-order valence-electron chi connectivity index (χ2n) is 5.99. The first-order chi connectivity index (χ1) is 9.93. The number of rotatable bonds is 4. The maximum atomic E-state index is 12.0. The zero-order chi connectivity index (χ0) is 15.6. The van der Waals surface area contributed by atoms with E-state index in [0.29, 0.717) is 6.61 Å². The predicted molar refractivity (Wildman–Crippen MR) is 82.3 cm³/mol. The van der Waals surface area contributed by atoms with Crippen LogP contribution in [0.15, 0.2) is 12.1 Å². The van der Waals surface area contributed by atoms with Crippen molar-refractivity contribution in [2.24, 2.45) is 5.92 Å². The molecule has 0 spiro atoms. The Hall–Kier alpha value is -1.55. The lowest BCUT2D eigenvalue weighted by atomic mass is 9.92. The van der Waals surface area contributed by atoms with Gasteiger partial charge in [0, 0.05) is 23.5 Å². The summed E-state index contributed by atoms with van der Waals surface area (Å²) in [6.07, 6.45) is 1.07. The molecule has 2 rings (SSSR count). The average Bonchev–Trinajstić information content (AvgIpc) is 2.46. The van der Waals surface area contributed by atoms with Gasteiger partial charge in [-0.15, -0.1) is 0 Å². The number of aliphatic hydroxyl groups excluding tert-OH is 1. The number of aliphatic hydroxyl groups is 1. The number of ether oxygens (including phenoxy) is 1. The highest BCUT2D eigenvalue weighted by Crippen LogP contribution is 2.39. The number of aryl methyl sites for hydroxylation is 1. The third-order valence-electron chi connectivity index (χ3n) is 3.93. The molecular weight excluding hydrogens is 266 g/mol. The van der Waals surface area contributed by atoms with Gasteiger partial charge in [-0.3, -0.25) is 4.79 Å². The summed E-state index contributed by atoms with van der Waals surface area (Å²) in [6, 6.07) is 4.05. The molecule has 1 amide bonds. The average molecular weight is 291 g/mol. The van der Waals surface area contributed by atoms with Crippen LogP contribution in [0.3, 0.4) is 0 Å². The molecule has 116 valence electrons. The second kappa shape index (κ2) is 6.48. The summed E-state index contributed by atoms with van der Waals surface area (Å²) in [5.74, 6) is 0.748. The third kappa shape index (κ3) is 3.38. The lowest BCUT2D eigenvalue weighted by Crippen LogP contribution is -2.35. The summed E-state index contributed by atoms with van der Waals surface area (Å²) in [5.41, 5.74) is 2.96. The van der Waals surface area contributed by atoms with Crippen molar-refractivity contribution in [2.45, 2.75) is 52.7 Å². The summed E-state index contributed by atoms with van der Waals surface area (Å²) >= 11 is 0. The zero-order valence-electron chi connectivity index (χ0n) is 13.3. The van der Waals surface area contributed by atoms with E-state index in [9.17, 15) is 9.90 Å². The molecule has 4 nitrogen and oxygen atoms in total. The van der Waals surface area contributed by atoms with E-state index in [0.717, 1.165) is 35.3 Å². The van der Waals surface area contributed by atoms with Crippen molar-refractivity contribution in [1.82, 2.24) is 5.32 Å². The van der Waals surface area contributed by atoms with Crippen LogP contribution in [0.25, 0.3) is 0 Å². The van der Waals surface area contributed by atoms with E-state index in [1.165, 1.54) is 0 Å². The van der Waals surface area contributed by atoms with Gasteiger partial charge in [0.05, 0.1) is 18.8 Å². The molecule has 1 aliphatic rings. The summed E-state index contributed by atoms with van der Waals surface area (Å²) in [4.78, 5) is 12.0. The largest absolute Gasteiger partial charge is 0.493 e. The van der Waals surface area contributed by atoms with E-state index in [4.69, 9.17) is 4.74 Å². The molecule has 1 heterocycles. The Labute approximate surface area is 126 Å². The highest BCUT2D eigenvalue weighted by atomic mass is 16.5. The van der Waals surface area contributed by atoms with Crippen molar-refractivity contribution < 1.29 is 14.6 Å². The van der Waals surface area contributed by atoms with Crippen molar-refractivity contribution in [3.63, 3.8) is 0 Å². The van der Waals surface area contributed by atoms with E-state index in [-0.39, 0.29) is 17.9 Å². The van der Waals surface area contributed by atoms with Crippen LogP contribution in [0, 0.1) is 5.92 Å². The number of carbonyl (C=O) groups is 1. The van der Waals surface area contributed by atoms with Crippen LogP contribution < -0.4 is 10.1 Å². The summed E-state index contributed by atoms with van der Waals surface area (Å²) in [5, 5.41) is 13.1. The quantitative estimate of drug-likeness (QED) is 0.896. The molecule has 1 aromatic carbocycles. The SMILES string of the molecule is CCc1cc(C(C)O)c2c(c1)C(NC(=O)C(C)C)CCO2. The van der Waals surface area contributed by atoms with E-state index in [1.807, 2.05) is 19.9 Å². The molecule has 1 aromatic rings. The predicted octanol–water partition coefficient (Wildman–Crippen LogP) is 2.90. The maximum absolute atomic E-state index is 12.0. The van der Waals surface area contributed by atoms with Crippen molar-refractivity contribution in [2.75, 3.05) is 6.61 Å². The lowest BCUT2D eigenvalue weighted by molar-refractivity contribution is -0.124. The Morgan fingerprint density at radius 1 is 1.43 bits per heavy atom. The number of benzene rings is 1. The highest BCUT2D eigenvalue weighted by molar-refractivity contribution is 5.78. The smallest absolute Gasteiger partial charge is 0.223 e. The fourth-order valence-electron chi connectivity index (χ4n) is 2.60. The molecule has 2 atom stereocenters. The minimum atomic E-state index is -0.579. The number of nitrogens with one attached hydrogen (secondary N) is 1. The topological polar surface area (TPSA) is 58.6 Å². The minimum Gasteiger partial charge on any atom is -0.493 e. The Morgan fingerprint density at radius 2 is 2.14 bits per heavy atom. The molecule has 1 aliphatic heterocycles. The van der Waals surface area contributed by atoms with Gasteiger partial charge in [0.15, 0.2) is 0 Å². The molecule has 0 aromatic heterocycles. The Bertz CT molecular complexity index is 523. The van der Waals surface area contributed by atoms with Gasteiger partial charge in [-0.2, -0.15) is 0 Å². The first-order valence-electron chi connectivity index (χ1n) is 7.72. The van der Waals surface area contributed by atoms with Crippen LogP contribution in [0.4, 0.5) is 0 Å². The zero-order valence-corrected chi connectivity index (χ0v) is 13.3.